The fourth-order valence-electron chi connectivity index (χ4n) is 2.05. The summed E-state index contributed by atoms with van der Waals surface area (Å²) in [4.78, 5) is 28.4. The molecule has 2 N–H and O–H groups in total. The number of urea groups is 1. The van der Waals surface area contributed by atoms with E-state index in [0.29, 0.717) is 19.5 Å². The van der Waals surface area contributed by atoms with Gasteiger partial charge in [0.05, 0.1) is 6.33 Å². The standard InChI is InChI=1S/C14H24N4O3/c1-11(2)18(7-4-5-13(19)20)14(21)16-12(3)9-17-8-6-15-10-17/h6,8,10-12H,4-5,7,9H2,1-3H3,(H,16,21)(H,19,20). The number of aromatic nitrogens is 2. The van der Waals surface area contributed by atoms with Gasteiger partial charge in [-0.15, -0.1) is 0 Å². The van der Waals surface area contributed by atoms with E-state index in [1.807, 2.05) is 31.5 Å². The van der Waals surface area contributed by atoms with Crippen molar-refractivity contribution in [2.24, 2.45) is 0 Å². The molecule has 0 saturated carbocycles. The molecule has 0 spiro atoms. The molecule has 118 valence electrons. The SMILES string of the molecule is CC(Cn1ccnc1)NC(=O)N(CCCC(=O)O)C(C)C. The smallest absolute Gasteiger partial charge is 0.317 e. The van der Waals surface area contributed by atoms with Crippen LogP contribution in [0.4, 0.5) is 4.79 Å². The Morgan fingerprint density at radius 1 is 1.38 bits per heavy atom. The normalized spacial score (nSPS) is 12.2. The fourth-order valence-corrected chi connectivity index (χ4v) is 2.05. The topological polar surface area (TPSA) is 87.5 Å². The molecular formula is C14H24N4O3. The van der Waals surface area contributed by atoms with E-state index in [1.165, 1.54) is 0 Å². The average molecular weight is 296 g/mol. The molecule has 0 aliphatic rings. The van der Waals surface area contributed by atoms with E-state index in [0.717, 1.165) is 0 Å². The van der Waals surface area contributed by atoms with Crippen LogP contribution in [-0.4, -0.2) is 50.2 Å². The third-order valence-electron chi connectivity index (χ3n) is 3.09. The summed E-state index contributed by atoms with van der Waals surface area (Å²) in [6.45, 7) is 6.84. The zero-order chi connectivity index (χ0) is 15.8. The number of nitrogens with zero attached hydrogens (tertiary/aromatic N) is 3. The Balaban J connectivity index is 2.46. The van der Waals surface area contributed by atoms with E-state index in [1.54, 1.807) is 17.4 Å². The molecule has 0 aliphatic carbocycles. The number of aliphatic carboxylic acids is 1. The van der Waals surface area contributed by atoms with Gasteiger partial charge in [0.2, 0.25) is 0 Å². The number of carbonyl (C=O) groups is 2. The lowest BCUT2D eigenvalue weighted by atomic mass is 10.2. The second-order valence-corrected chi connectivity index (χ2v) is 5.39. The van der Waals surface area contributed by atoms with Crippen molar-refractivity contribution in [1.82, 2.24) is 19.8 Å². The van der Waals surface area contributed by atoms with Crippen LogP contribution in [0.3, 0.4) is 0 Å². The molecule has 0 aliphatic heterocycles. The molecule has 0 radical (unpaired) electrons. The monoisotopic (exact) mass is 296 g/mol. The zero-order valence-corrected chi connectivity index (χ0v) is 12.8. The van der Waals surface area contributed by atoms with Gasteiger partial charge in [0.15, 0.2) is 0 Å². The van der Waals surface area contributed by atoms with E-state index in [2.05, 4.69) is 10.3 Å². The molecule has 1 heterocycles. The molecule has 0 fully saturated rings. The predicted octanol–water partition coefficient (Wildman–Crippen LogP) is 1.56. The quantitative estimate of drug-likeness (QED) is 0.762. The number of rotatable bonds is 8. The van der Waals surface area contributed by atoms with Crippen LogP contribution in [0.15, 0.2) is 18.7 Å². The van der Waals surface area contributed by atoms with Crippen LogP contribution in [0.1, 0.15) is 33.6 Å². The number of hydrogen-bond acceptors (Lipinski definition) is 3. The van der Waals surface area contributed by atoms with Crippen LogP contribution in [0.25, 0.3) is 0 Å². The number of hydrogen-bond donors (Lipinski definition) is 2. The first kappa shape index (κ1) is 17.0. The maximum absolute atomic E-state index is 12.2. The van der Waals surface area contributed by atoms with E-state index in [-0.39, 0.29) is 24.5 Å². The minimum atomic E-state index is -0.840. The lowest BCUT2D eigenvalue weighted by Crippen LogP contribution is -2.48. The van der Waals surface area contributed by atoms with Crippen molar-refractivity contribution in [3.8, 4) is 0 Å². The average Bonchev–Trinajstić information content (AvgIpc) is 2.86. The van der Waals surface area contributed by atoms with Crippen molar-refractivity contribution in [2.45, 2.75) is 52.2 Å². The maximum Gasteiger partial charge on any atom is 0.317 e. The van der Waals surface area contributed by atoms with Crippen LogP contribution in [0, 0.1) is 0 Å². The lowest BCUT2D eigenvalue weighted by molar-refractivity contribution is -0.137. The van der Waals surface area contributed by atoms with Crippen LogP contribution >= 0.6 is 0 Å². The summed E-state index contributed by atoms with van der Waals surface area (Å²) in [5.41, 5.74) is 0. The van der Waals surface area contributed by atoms with E-state index in [4.69, 9.17) is 5.11 Å². The second-order valence-electron chi connectivity index (χ2n) is 5.39. The summed E-state index contributed by atoms with van der Waals surface area (Å²) in [7, 11) is 0. The minimum Gasteiger partial charge on any atom is -0.481 e. The Hall–Kier alpha value is -2.05. The largest absolute Gasteiger partial charge is 0.481 e. The highest BCUT2D eigenvalue weighted by Gasteiger charge is 2.18. The summed E-state index contributed by atoms with van der Waals surface area (Å²) in [6.07, 6.45) is 5.77. The van der Waals surface area contributed by atoms with Gasteiger partial charge in [0, 0.05) is 44.0 Å². The van der Waals surface area contributed by atoms with Gasteiger partial charge in [-0.25, -0.2) is 9.78 Å². The van der Waals surface area contributed by atoms with E-state index >= 15 is 0 Å². The van der Waals surface area contributed by atoms with Crippen molar-refractivity contribution in [3.63, 3.8) is 0 Å². The third kappa shape index (κ3) is 6.29. The highest BCUT2D eigenvalue weighted by Crippen LogP contribution is 2.04. The van der Waals surface area contributed by atoms with Gasteiger partial charge < -0.3 is 19.9 Å². The summed E-state index contributed by atoms with van der Waals surface area (Å²) in [6, 6.07) is -0.172. The van der Waals surface area contributed by atoms with Gasteiger partial charge >= 0.3 is 12.0 Å². The summed E-state index contributed by atoms with van der Waals surface area (Å²) in [5.74, 6) is -0.840. The van der Waals surface area contributed by atoms with Crippen LogP contribution in [0.2, 0.25) is 0 Å². The van der Waals surface area contributed by atoms with Crippen LogP contribution < -0.4 is 5.32 Å². The maximum atomic E-state index is 12.2. The number of carbonyl (C=O) groups excluding carboxylic acids is 1. The Bertz CT molecular complexity index is 445. The van der Waals surface area contributed by atoms with Gasteiger partial charge in [-0.1, -0.05) is 0 Å². The fraction of sp³-hybridized carbons (Fsp3) is 0.643. The molecule has 2 amide bonds. The number of carboxylic acids is 1. The molecule has 1 unspecified atom stereocenters. The van der Waals surface area contributed by atoms with Crippen molar-refractivity contribution < 1.29 is 14.7 Å². The van der Waals surface area contributed by atoms with Crippen molar-refractivity contribution >= 4 is 12.0 Å². The minimum absolute atomic E-state index is 0.0271. The lowest BCUT2D eigenvalue weighted by Gasteiger charge is -2.28. The first-order valence-electron chi connectivity index (χ1n) is 7.14. The third-order valence-corrected chi connectivity index (χ3v) is 3.09. The van der Waals surface area contributed by atoms with Gasteiger partial charge in [0.25, 0.3) is 0 Å². The van der Waals surface area contributed by atoms with Crippen molar-refractivity contribution in [2.75, 3.05) is 6.54 Å². The van der Waals surface area contributed by atoms with Crippen molar-refractivity contribution in [1.29, 1.82) is 0 Å². The highest BCUT2D eigenvalue weighted by atomic mass is 16.4. The first-order chi connectivity index (χ1) is 9.90. The molecular weight excluding hydrogens is 272 g/mol. The number of carboxylic acid groups (broad SMARTS) is 1. The molecule has 0 bridgehead atoms. The molecule has 1 atom stereocenters. The van der Waals surface area contributed by atoms with E-state index in [9.17, 15) is 9.59 Å². The molecule has 1 aromatic heterocycles. The molecule has 7 nitrogen and oxygen atoms in total. The van der Waals surface area contributed by atoms with Gasteiger partial charge in [-0.05, 0) is 27.2 Å². The predicted molar refractivity (Wildman–Crippen MR) is 78.9 cm³/mol. The first-order valence-corrected chi connectivity index (χ1v) is 7.14. The number of amides is 2. The Kier molecular flexibility index (Phi) is 6.71. The Morgan fingerprint density at radius 2 is 2.10 bits per heavy atom. The summed E-state index contributed by atoms with van der Waals surface area (Å²) < 4.78 is 1.90. The van der Waals surface area contributed by atoms with E-state index < -0.39 is 5.97 Å². The summed E-state index contributed by atoms with van der Waals surface area (Å²) >= 11 is 0. The molecule has 1 rings (SSSR count). The highest BCUT2D eigenvalue weighted by molar-refractivity contribution is 5.75. The van der Waals surface area contributed by atoms with Crippen molar-refractivity contribution in [3.05, 3.63) is 18.7 Å². The molecule has 21 heavy (non-hydrogen) atoms. The molecule has 1 aromatic rings. The molecule has 7 heteroatoms. The molecule has 0 aromatic carbocycles. The van der Waals surface area contributed by atoms with Crippen LogP contribution in [-0.2, 0) is 11.3 Å². The van der Waals surface area contributed by atoms with Gasteiger partial charge in [0.1, 0.15) is 0 Å². The second kappa shape index (κ2) is 8.28. The summed E-state index contributed by atoms with van der Waals surface area (Å²) in [5, 5.41) is 11.6. The zero-order valence-electron chi connectivity index (χ0n) is 12.8. The number of imidazole rings is 1. The van der Waals surface area contributed by atoms with Gasteiger partial charge in [-0.2, -0.15) is 0 Å². The Labute approximate surface area is 125 Å². The molecule has 0 saturated heterocycles. The van der Waals surface area contributed by atoms with Crippen LogP contribution in [0.5, 0.6) is 0 Å². The Morgan fingerprint density at radius 3 is 2.62 bits per heavy atom. The number of nitrogens with one attached hydrogen (secondary N) is 1. The van der Waals surface area contributed by atoms with Gasteiger partial charge in [-0.3, -0.25) is 4.79 Å².